The summed E-state index contributed by atoms with van der Waals surface area (Å²) < 4.78 is 5.41. The van der Waals surface area contributed by atoms with Crippen molar-refractivity contribution >= 4 is 28.4 Å². The van der Waals surface area contributed by atoms with E-state index < -0.39 is 0 Å². The zero-order valence-electron chi connectivity index (χ0n) is 12.0. The molecular formula is C16H17ClN2O3. The number of aliphatic hydroxyl groups is 1. The van der Waals surface area contributed by atoms with E-state index in [2.05, 4.69) is 4.98 Å². The normalized spacial score (nSPS) is 19.2. The fourth-order valence-corrected chi connectivity index (χ4v) is 2.79. The Balaban J connectivity index is 1.89. The molecule has 0 aliphatic carbocycles. The molecule has 0 radical (unpaired) electrons. The number of carbonyl (C=O) groups is 1. The number of carbonyl (C=O) groups excluding carboxylic acids is 1. The summed E-state index contributed by atoms with van der Waals surface area (Å²) in [6, 6.07) is 9.07. The molecule has 1 unspecified atom stereocenters. The lowest BCUT2D eigenvalue weighted by atomic mass is 10.1. The monoisotopic (exact) mass is 320 g/mol. The number of hydrogen-bond donors (Lipinski definition) is 1. The van der Waals surface area contributed by atoms with Gasteiger partial charge in [-0.05, 0) is 12.1 Å². The second kappa shape index (κ2) is 6.60. The third-order valence-corrected chi connectivity index (χ3v) is 4.08. The van der Waals surface area contributed by atoms with Crippen LogP contribution in [-0.4, -0.2) is 53.8 Å². The van der Waals surface area contributed by atoms with Gasteiger partial charge < -0.3 is 14.7 Å². The van der Waals surface area contributed by atoms with E-state index in [-0.39, 0.29) is 18.4 Å². The maximum Gasteiger partial charge on any atom is 0.272 e. The van der Waals surface area contributed by atoms with Gasteiger partial charge in [0.05, 0.1) is 23.8 Å². The first-order chi connectivity index (χ1) is 10.7. The highest BCUT2D eigenvalue weighted by Crippen LogP contribution is 2.22. The topological polar surface area (TPSA) is 62.7 Å². The van der Waals surface area contributed by atoms with Crippen LogP contribution in [0.1, 0.15) is 10.5 Å². The number of hydrogen-bond acceptors (Lipinski definition) is 4. The average Bonchev–Trinajstić information content (AvgIpc) is 2.80. The van der Waals surface area contributed by atoms with Crippen LogP contribution in [0.25, 0.3) is 10.9 Å². The van der Waals surface area contributed by atoms with Crippen molar-refractivity contribution < 1.29 is 14.6 Å². The van der Waals surface area contributed by atoms with Crippen molar-refractivity contribution in [2.24, 2.45) is 5.92 Å². The molecule has 2 heterocycles. The predicted molar refractivity (Wildman–Crippen MR) is 84.1 cm³/mol. The molecule has 1 aliphatic rings. The predicted octanol–water partition coefficient (Wildman–Crippen LogP) is 1.97. The number of benzene rings is 1. The number of fused-ring (bicyclic) bond motifs is 1. The minimum Gasteiger partial charge on any atom is -0.396 e. The molecule has 116 valence electrons. The van der Waals surface area contributed by atoms with Gasteiger partial charge >= 0.3 is 0 Å². The highest BCUT2D eigenvalue weighted by atomic mass is 35.5. The highest BCUT2D eigenvalue weighted by Gasteiger charge is 2.24. The van der Waals surface area contributed by atoms with E-state index in [0.717, 1.165) is 5.39 Å². The molecule has 3 rings (SSSR count). The lowest BCUT2D eigenvalue weighted by molar-refractivity contribution is 0.0723. The Hall–Kier alpha value is -1.69. The van der Waals surface area contributed by atoms with Crippen molar-refractivity contribution in [1.82, 2.24) is 9.88 Å². The summed E-state index contributed by atoms with van der Waals surface area (Å²) in [5.41, 5.74) is 0.985. The molecule has 1 aromatic heterocycles. The van der Waals surface area contributed by atoms with Gasteiger partial charge in [0.25, 0.3) is 5.91 Å². The molecule has 2 aromatic rings. The fourth-order valence-electron chi connectivity index (χ4n) is 2.57. The molecule has 0 saturated carbocycles. The Morgan fingerprint density at radius 3 is 3.09 bits per heavy atom. The number of amides is 1. The van der Waals surface area contributed by atoms with E-state index in [9.17, 15) is 9.90 Å². The number of rotatable bonds is 2. The van der Waals surface area contributed by atoms with Crippen LogP contribution in [0.15, 0.2) is 30.3 Å². The number of aliphatic hydroxyl groups excluding tert-OH is 1. The van der Waals surface area contributed by atoms with Crippen molar-refractivity contribution in [3.05, 3.63) is 41.0 Å². The van der Waals surface area contributed by atoms with E-state index in [1.54, 1.807) is 17.0 Å². The summed E-state index contributed by atoms with van der Waals surface area (Å²) in [5, 5.41) is 10.7. The zero-order valence-corrected chi connectivity index (χ0v) is 12.8. The lowest BCUT2D eigenvalue weighted by Crippen LogP contribution is -2.37. The van der Waals surface area contributed by atoms with Crippen LogP contribution >= 0.6 is 11.6 Å². The summed E-state index contributed by atoms with van der Waals surface area (Å²) in [6.07, 6.45) is 0. The third-order valence-electron chi connectivity index (χ3n) is 3.77. The van der Waals surface area contributed by atoms with E-state index in [1.165, 1.54) is 0 Å². The highest BCUT2D eigenvalue weighted by molar-refractivity contribution is 6.35. The number of aromatic nitrogens is 1. The largest absolute Gasteiger partial charge is 0.396 e. The molecular weight excluding hydrogens is 304 g/mol. The Kier molecular flexibility index (Phi) is 4.57. The molecule has 0 spiro atoms. The fraction of sp³-hybridized carbons (Fsp3) is 0.375. The van der Waals surface area contributed by atoms with E-state index >= 15 is 0 Å². The van der Waals surface area contributed by atoms with Crippen LogP contribution in [0.3, 0.4) is 0 Å². The van der Waals surface area contributed by atoms with E-state index in [4.69, 9.17) is 16.3 Å². The molecule has 22 heavy (non-hydrogen) atoms. The summed E-state index contributed by atoms with van der Waals surface area (Å²) in [7, 11) is 0. The molecule has 0 bridgehead atoms. The van der Waals surface area contributed by atoms with Crippen molar-refractivity contribution in [2.45, 2.75) is 0 Å². The smallest absolute Gasteiger partial charge is 0.272 e. The quantitative estimate of drug-likeness (QED) is 0.919. The van der Waals surface area contributed by atoms with Crippen LogP contribution in [0.4, 0.5) is 0 Å². The van der Waals surface area contributed by atoms with Crippen LogP contribution in [0.5, 0.6) is 0 Å². The maximum absolute atomic E-state index is 12.7. The molecule has 1 aliphatic heterocycles. The zero-order chi connectivity index (χ0) is 15.5. The summed E-state index contributed by atoms with van der Waals surface area (Å²) in [5.74, 6) is -0.221. The molecule has 1 atom stereocenters. The Bertz CT molecular complexity index is 692. The number of pyridine rings is 1. The van der Waals surface area contributed by atoms with Crippen LogP contribution < -0.4 is 0 Å². The van der Waals surface area contributed by atoms with Gasteiger partial charge in [-0.25, -0.2) is 4.98 Å². The SMILES string of the molecule is O=C(c1ccc2cccc(Cl)c2n1)N1CCOCC(CO)C1. The van der Waals surface area contributed by atoms with Gasteiger partial charge in [0.2, 0.25) is 0 Å². The summed E-state index contributed by atoms with van der Waals surface area (Å²) >= 11 is 6.15. The van der Waals surface area contributed by atoms with Gasteiger partial charge in [-0.2, -0.15) is 0 Å². The molecule has 1 amide bonds. The standard InChI is InChI=1S/C16H17ClN2O3/c17-13-3-1-2-12-4-5-14(18-15(12)13)16(21)19-6-7-22-10-11(8-19)9-20/h1-5,11,20H,6-10H2. The minimum atomic E-state index is -0.161. The van der Waals surface area contributed by atoms with E-state index in [0.29, 0.717) is 42.5 Å². The molecule has 1 saturated heterocycles. The average molecular weight is 321 g/mol. The van der Waals surface area contributed by atoms with Crippen molar-refractivity contribution in [3.8, 4) is 0 Å². The van der Waals surface area contributed by atoms with Crippen LogP contribution in [-0.2, 0) is 4.74 Å². The number of ether oxygens (including phenoxy) is 1. The Morgan fingerprint density at radius 1 is 1.41 bits per heavy atom. The lowest BCUT2D eigenvalue weighted by Gasteiger charge is -2.22. The van der Waals surface area contributed by atoms with Gasteiger partial charge in [-0.15, -0.1) is 0 Å². The van der Waals surface area contributed by atoms with Gasteiger partial charge in [-0.3, -0.25) is 4.79 Å². The second-order valence-corrected chi connectivity index (χ2v) is 5.79. The molecule has 5 nitrogen and oxygen atoms in total. The number of nitrogens with zero attached hydrogens (tertiary/aromatic N) is 2. The van der Waals surface area contributed by atoms with Crippen LogP contribution in [0, 0.1) is 5.92 Å². The van der Waals surface area contributed by atoms with E-state index in [1.807, 2.05) is 18.2 Å². The van der Waals surface area contributed by atoms with Gasteiger partial charge in [0.15, 0.2) is 0 Å². The van der Waals surface area contributed by atoms with Crippen LogP contribution in [0.2, 0.25) is 5.02 Å². The third kappa shape index (κ3) is 3.06. The van der Waals surface area contributed by atoms with Gasteiger partial charge in [0, 0.05) is 31.0 Å². The Morgan fingerprint density at radius 2 is 2.27 bits per heavy atom. The molecule has 6 heteroatoms. The molecule has 1 fully saturated rings. The van der Waals surface area contributed by atoms with Crippen molar-refractivity contribution in [3.63, 3.8) is 0 Å². The number of para-hydroxylation sites is 1. The summed E-state index contributed by atoms with van der Waals surface area (Å²) in [4.78, 5) is 18.7. The van der Waals surface area contributed by atoms with Gasteiger partial charge in [-0.1, -0.05) is 29.8 Å². The first-order valence-electron chi connectivity index (χ1n) is 7.22. The van der Waals surface area contributed by atoms with Crippen molar-refractivity contribution in [2.75, 3.05) is 32.9 Å². The molecule has 1 N–H and O–H groups in total. The second-order valence-electron chi connectivity index (χ2n) is 5.38. The molecule has 1 aromatic carbocycles. The first-order valence-corrected chi connectivity index (χ1v) is 7.60. The van der Waals surface area contributed by atoms with Crippen molar-refractivity contribution in [1.29, 1.82) is 0 Å². The van der Waals surface area contributed by atoms with Gasteiger partial charge in [0.1, 0.15) is 5.69 Å². The Labute approximate surface area is 133 Å². The minimum absolute atomic E-state index is 0.000751. The first kappa shape index (κ1) is 15.2. The maximum atomic E-state index is 12.7. The summed E-state index contributed by atoms with van der Waals surface area (Å²) in [6.45, 7) is 1.91. The number of halogens is 1.